The average molecular weight is 492 g/mol. The van der Waals surface area contributed by atoms with Crippen LogP contribution in [0.3, 0.4) is 0 Å². The fourth-order valence-electron chi connectivity index (χ4n) is 6.28. The third-order valence-electron chi connectivity index (χ3n) is 7.80. The molecule has 3 aliphatic rings. The van der Waals surface area contributed by atoms with Crippen LogP contribution in [-0.4, -0.2) is 42.4 Å². The molecule has 1 saturated carbocycles. The third-order valence-corrected chi connectivity index (χ3v) is 7.80. The van der Waals surface area contributed by atoms with Crippen LogP contribution in [0.1, 0.15) is 61.7 Å². The van der Waals surface area contributed by atoms with E-state index in [1.54, 1.807) is 14.2 Å². The third kappa shape index (κ3) is 5.42. The van der Waals surface area contributed by atoms with Gasteiger partial charge in [0, 0.05) is 18.1 Å². The molecular weight excluding hydrogens is 459 g/mol. The van der Waals surface area contributed by atoms with Gasteiger partial charge in [-0.15, -0.1) is 0 Å². The van der Waals surface area contributed by atoms with Crippen molar-refractivity contribution in [3.05, 3.63) is 59.7 Å². The molecule has 8 heteroatoms. The number of methoxy groups -OCH3 is 2. The SMILES string of the molecule is COc1ccc([C@H]2CC[C@@H]3CC[C@@H]4CC[C@@H](c5ccc(OC)cc5)N2C43)cc1.O=C(O)C(F)(F)F. The van der Waals surface area contributed by atoms with Crippen LogP contribution in [0.4, 0.5) is 13.2 Å². The first-order chi connectivity index (χ1) is 16.7. The van der Waals surface area contributed by atoms with Gasteiger partial charge in [-0.3, -0.25) is 4.90 Å². The number of piperidine rings is 2. The highest BCUT2D eigenvalue weighted by molar-refractivity contribution is 5.73. The molecule has 0 bridgehead atoms. The Bertz CT molecular complexity index is 925. The number of alkyl halides is 3. The number of benzene rings is 2. The van der Waals surface area contributed by atoms with E-state index in [0.717, 1.165) is 29.4 Å². The van der Waals surface area contributed by atoms with E-state index < -0.39 is 12.1 Å². The number of hydrogen-bond donors (Lipinski definition) is 1. The Morgan fingerprint density at radius 1 is 0.771 bits per heavy atom. The molecule has 2 heterocycles. The molecule has 2 aromatic rings. The number of carbonyl (C=O) groups is 1. The zero-order valence-electron chi connectivity index (χ0n) is 20.0. The number of ether oxygens (including phenoxy) is 2. The van der Waals surface area contributed by atoms with Gasteiger partial charge in [-0.25, -0.2) is 4.79 Å². The summed E-state index contributed by atoms with van der Waals surface area (Å²) in [4.78, 5) is 11.8. The van der Waals surface area contributed by atoms with Crippen LogP contribution in [0, 0.1) is 11.8 Å². The van der Waals surface area contributed by atoms with Crippen LogP contribution >= 0.6 is 0 Å². The molecule has 1 unspecified atom stereocenters. The molecule has 0 radical (unpaired) electrons. The summed E-state index contributed by atoms with van der Waals surface area (Å²) in [7, 11) is 3.49. The van der Waals surface area contributed by atoms with Crippen molar-refractivity contribution < 1.29 is 32.5 Å². The van der Waals surface area contributed by atoms with Crippen molar-refractivity contribution in [3.63, 3.8) is 0 Å². The molecule has 1 aliphatic carbocycles. The quantitative estimate of drug-likeness (QED) is 0.536. The predicted molar refractivity (Wildman–Crippen MR) is 125 cm³/mol. The highest BCUT2D eigenvalue weighted by atomic mass is 19.4. The van der Waals surface area contributed by atoms with E-state index in [1.165, 1.54) is 49.7 Å². The van der Waals surface area contributed by atoms with Gasteiger partial charge in [0.05, 0.1) is 14.2 Å². The van der Waals surface area contributed by atoms with Crippen LogP contribution < -0.4 is 9.47 Å². The maximum absolute atomic E-state index is 10.6. The van der Waals surface area contributed by atoms with Crippen LogP contribution in [0.25, 0.3) is 0 Å². The van der Waals surface area contributed by atoms with Gasteiger partial charge in [-0.05, 0) is 85.8 Å². The van der Waals surface area contributed by atoms with Crippen molar-refractivity contribution in [3.8, 4) is 11.5 Å². The molecule has 35 heavy (non-hydrogen) atoms. The summed E-state index contributed by atoms with van der Waals surface area (Å²) in [6, 6.07) is 19.4. The summed E-state index contributed by atoms with van der Waals surface area (Å²) in [6.45, 7) is 0. The first kappa shape index (κ1) is 25.4. The minimum atomic E-state index is -5.08. The first-order valence-corrected chi connectivity index (χ1v) is 12.1. The second kappa shape index (κ2) is 10.5. The highest BCUT2D eigenvalue weighted by Crippen LogP contribution is 2.55. The standard InChI is InChI=1S/C25H31NO2.C2HF3O2/c1-27-21-11-5-17(6-12-21)23-15-9-19-3-4-20-10-16-24(26(23)25(19)20)18-7-13-22(28-2)14-8-18;3-2(4,5)1(6)7/h5-8,11-14,19-20,23-25H,3-4,9-10,15-16H2,1-2H3;(H,6,7)/t19-,20+,23+,24-,25?;. The molecule has 2 saturated heterocycles. The molecule has 2 aliphatic heterocycles. The molecule has 0 amide bonds. The summed E-state index contributed by atoms with van der Waals surface area (Å²) in [5, 5.41) is 7.12. The monoisotopic (exact) mass is 491 g/mol. The summed E-state index contributed by atoms with van der Waals surface area (Å²) in [6.07, 6.45) is 3.07. The number of carboxylic acids is 1. The van der Waals surface area contributed by atoms with E-state index in [2.05, 4.69) is 53.4 Å². The van der Waals surface area contributed by atoms with Crippen molar-refractivity contribution in [1.82, 2.24) is 4.90 Å². The largest absolute Gasteiger partial charge is 0.497 e. The lowest BCUT2D eigenvalue weighted by atomic mass is 9.75. The zero-order chi connectivity index (χ0) is 25.2. The number of nitrogens with zero attached hydrogens (tertiary/aromatic N) is 1. The van der Waals surface area contributed by atoms with Gasteiger partial charge in [0.15, 0.2) is 0 Å². The number of carboxylic acid groups (broad SMARTS) is 1. The molecule has 5 rings (SSSR count). The van der Waals surface area contributed by atoms with Gasteiger partial charge in [-0.2, -0.15) is 13.2 Å². The van der Waals surface area contributed by atoms with Gasteiger partial charge in [0.2, 0.25) is 0 Å². The number of hydrogen-bond acceptors (Lipinski definition) is 4. The molecular formula is C27H32F3NO4. The maximum atomic E-state index is 10.6. The van der Waals surface area contributed by atoms with E-state index in [0.29, 0.717) is 12.1 Å². The molecule has 2 aromatic carbocycles. The van der Waals surface area contributed by atoms with E-state index in [4.69, 9.17) is 19.4 Å². The zero-order valence-corrected chi connectivity index (χ0v) is 20.0. The van der Waals surface area contributed by atoms with Crippen molar-refractivity contribution in [2.24, 2.45) is 11.8 Å². The number of halogens is 3. The Labute approximate surface area is 203 Å². The Balaban J connectivity index is 0.000000364. The van der Waals surface area contributed by atoms with Gasteiger partial charge in [0.1, 0.15) is 11.5 Å². The lowest BCUT2D eigenvalue weighted by molar-refractivity contribution is -0.192. The molecule has 5 nitrogen and oxygen atoms in total. The minimum absolute atomic E-state index is 0.514. The molecule has 3 fully saturated rings. The van der Waals surface area contributed by atoms with Crippen LogP contribution in [-0.2, 0) is 4.79 Å². The Morgan fingerprint density at radius 3 is 1.43 bits per heavy atom. The van der Waals surface area contributed by atoms with Gasteiger partial charge < -0.3 is 14.6 Å². The molecule has 1 N–H and O–H groups in total. The summed E-state index contributed by atoms with van der Waals surface area (Å²) in [5.41, 5.74) is 2.90. The Hall–Kier alpha value is -2.74. The normalized spacial score (nSPS) is 27.9. The van der Waals surface area contributed by atoms with Crippen LogP contribution in [0.15, 0.2) is 48.5 Å². The maximum Gasteiger partial charge on any atom is 0.490 e. The summed E-state index contributed by atoms with van der Waals surface area (Å²) >= 11 is 0. The van der Waals surface area contributed by atoms with Crippen molar-refractivity contribution in [2.45, 2.75) is 62.8 Å². The van der Waals surface area contributed by atoms with E-state index in [1.807, 2.05) is 0 Å². The van der Waals surface area contributed by atoms with Gasteiger partial charge in [0.25, 0.3) is 0 Å². The lowest BCUT2D eigenvalue weighted by Crippen LogP contribution is -2.52. The minimum Gasteiger partial charge on any atom is -0.497 e. The number of aliphatic carboxylic acids is 1. The smallest absolute Gasteiger partial charge is 0.490 e. The van der Waals surface area contributed by atoms with Gasteiger partial charge >= 0.3 is 12.1 Å². The van der Waals surface area contributed by atoms with Gasteiger partial charge in [-0.1, -0.05) is 24.3 Å². The number of rotatable bonds is 4. The lowest BCUT2D eigenvalue weighted by Gasteiger charge is -2.53. The van der Waals surface area contributed by atoms with E-state index in [9.17, 15) is 13.2 Å². The second-order valence-electron chi connectivity index (χ2n) is 9.57. The summed E-state index contributed by atoms with van der Waals surface area (Å²) < 4.78 is 42.5. The molecule has 0 spiro atoms. The van der Waals surface area contributed by atoms with E-state index >= 15 is 0 Å². The van der Waals surface area contributed by atoms with Crippen LogP contribution in [0.5, 0.6) is 11.5 Å². The Morgan fingerprint density at radius 2 is 1.11 bits per heavy atom. The fourth-order valence-corrected chi connectivity index (χ4v) is 6.28. The Kier molecular flexibility index (Phi) is 7.59. The molecule has 0 aromatic heterocycles. The van der Waals surface area contributed by atoms with E-state index in [-0.39, 0.29) is 0 Å². The molecule has 190 valence electrons. The predicted octanol–water partition coefficient (Wildman–Crippen LogP) is 6.40. The summed E-state index contributed by atoms with van der Waals surface area (Å²) in [5.74, 6) is 0.914. The highest BCUT2D eigenvalue weighted by Gasteiger charge is 2.50. The van der Waals surface area contributed by atoms with Crippen molar-refractivity contribution >= 4 is 5.97 Å². The van der Waals surface area contributed by atoms with Crippen LogP contribution in [0.2, 0.25) is 0 Å². The molecule has 5 atom stereocenters. The van der Waals surface area contributed by atoms with Crippen molar-refractivity contribution in [1.29, 1.82) is 0 Å². The fraction of sp³-hybridized carbons (Fsp3) is 0.519. The second-order valence-corrected chi connectivity index (χ2v) is 9.57. The topological polar surface area (TPSA) is 59.0 Å². The first-order valence-electron chi connectivity index (χ1n) is 12.1. The van der Waals surface area contributed by atoms with Crippen molar-refractivity contribution in [2.75, 3.05) is 14.2 Å². The average Bonchev–Trinajstić information content (AvgIpc) is 3.29.